The summed E-state index contributed by atoms with van der Waals surface area (Å²) < 4.78 is 1.75. The maximum absolute atomic E-state index is 12.6. The zero-order chi connectivity index (χ0) is 14.0. The summed E-state index contributed by atoms with van der Waals surface area (Å²) in [5.74, 6) is 0.293. The molecule has 0 N–H and O–H groups in total. The number of nitrogens with zero attached hydrogens (tertiary/aromatic N) is 3. The molecular formula is C15H16ClN3O. The molecule has 3 rings (SSSR count). The second-order valence-corrected chi connectivity index (χ2v) is 5.75. The Labute approximate surface area is 122 Å². The highest BCUT2D eigenvalue weighted by Gasteiger charge is 2.41. The summed E-state index contributed by atoms with van der Waals surface area (Å²) in [6.07, 6.45) is 6.70. The Morgan fingerprint density at radius 2 is 2.05 bits per heavy atom. The first kappa shape index (κ1) is 13.3. The van der Waals surface area contributed by atoms with E-state index in [9.17, 15) is 4.79 Å². The molecule has 1 heterocycles. The fourth-order valence-corrected chi connectivity index (χ4v) is 3.14. The Balaban J connectivity index is 2.02. The van der Waals surface area contributed by atoms with Gasteiger partial charge in [-0.3, -0.25) is 9.48 Å². The third-order valence-corrected chi connectivity index (χ3v) is 4.34. The second-order valence-electron chi connectivity index (χ2n) is 5.31. The molecule has 1 atom stereocenters. The van der Waals surface area contributed by atoms with Crippen molar-refractivity contribution in [1.82, 2.24) is 14.8 Å². The fourth-order valence-electron chi connectivity index (χ4n) is 3.01. The lowest BCUT2D eigenvalue weighted by molar-refractivity contribution is -0.127. The normalized spacial score (nSPS) is 22.9. The number of rotatable bonds is 3. The highest BCUT2D eigenvalue weighted by atomic mass is 35.5. The smallest absolute Gasteiger partial charge is 0.145 e. The molecule has 20 heavy (non-hydrogen) atoms. The number of benzene rings is 1. The summed E-state index contributed by atoms with van der Waals surface area (Å²) in [5.41, 5.74) is 0.540. The lowest BCUT2D eigenvalue weighted by Crippen LogP contribution is -2.42. The van der Waals surface area contributed by atoms with Crippen molar-refractivity contribution in [3.8, 4) is 0 Å². The van der Waals surface area contributed by atoms with Gasteiger partial charge >= 0.3 is 0 Å². The molecule has 0 spiro atoms. The number of ketones is 1. The number of aromatic nitrogens is 3. The van der Waals surface area contributed by atoms with Crippen molar-refractivity contribution in [2.75, 3.05) is 0 Å². The third kappa shape index (κ3) is 2.36. The van der Waals surface area contributed by atoms with Crippen molar-refractivity contribution in [3.63, 3.8) is 0 Å². The van der Waals surface area contributed by atoms with Crippen molar-refractivity contribution >= 4 is 17.4 Å². The van der Waals surface area contributed by atoms with E-state index < -0.39 is 5.41 Å². The summed E-state index contributed by atoms with van der Waals surface area (Å²) in [6, 6.07) is 7.62. The average Bonchev–Trinajstić information content (AvgIpc) is 2.95. The van der Waals surface area contributed by atoms with E-state index in [1.807, 2.05) is 24.3 Å². The predicted molar refractivity (Wildman–Crippen MR) is 76.6 cm³/mol. The lowest BCUT2D eigenvalue weighted by atomic mass is 9.68. The number of hydrogen-bond donors (Lipinski definition) is 0. The summed E-state index contributed by atoms with van der Waals surface area (Å²) in [4.78, 5) is 16.6. The van der Waals surface area contributed by atoms with Gasteiger partial charge in [0.2, 0.25) is 0 Å². The van der Waals surface area contributed by atoms with Crippen molar-refractivity contribution < 1.29 is 4.79 Å². The first-order valence-electron chi connectivity index (χ1n) is 6.82. The molecule has 0 radical (unpaired) electrons. The van der Waals surface area contributed by atoms with E-state index in [2.05, 4.69) is 10.1 Å². The van der Waals surface area contributed by atoms with Gasteiger partial charge in [0.1, 0.15) is 18.4 Å². The van der Waals surface area contributed by atoms with E-state index >= 15 is 0 Å². The Morgan fingerprint density at radius 1 is 1.25 bits per heavy atom. The zero-order valence-corrected chi connectivity index (χ0v) is 11.9. The molecule has 5 heteroatoms. The van der Waals surface area contributed by atoms with E-state index in [0.29, 0.717) is 23.8 Å². The van der Waals surface area contributed by atoms with E-state index in [-0.39, 0.29) is 0 Å². The molecular weight excluding hydrogens is 274 g/mol. The van der Waals surface area contributed by atoms with Crippen LogP contribution in [0.1, 0.15) is 31.2 Å². The standard InChI is InChI=1S/C15H16ClN3O/c16-13-6-4-12(5-7-13)15(8-2-1-3-14(15)20)9-19-11-17-10-18-19/h4-7,10-11H,1-3,8-9H2. The quantitative estimate of drug-likeness (QED) is 0.872. The lowest BCUT2D eigenvalue weighted by Gasteiger charge is -2.36. The molecule has 104 valence electrons. The molecule has 2 aromatic rings. The molecule has 0 saturated heterocycles. The number of hydrogen-bond acceptors (Lipinski definition) is 3. The number of carbonyl (C=O) groups excluding carboxylic acids is 1. The van der Waals surface area contributed by atoms with Crippen LogP contribution >= 0.6 is 11.6 Å². The molecule has 1 fully saturated rings. The van der Waals surface area contributed by atoms with Gasteiger partial charge in [0, 0.05) is 11.4 Å². The minimum Gasteiger partial charge on any atom is -0.299 e. The van der Waals surface area contributed by atoms with Crippen molar-refractivity contribution in [3.05, 3.63) is 47.5 Å². The van der Waals surface area contributed by atoms with Crippen LogP contribution < -0.4 is 0 Å². The van der Waals surface area contributed by atoms with E-state index in [0.717, 1.165) is 24.8 Å². The van der Waals surface area contributed by atoms with Gasteiger partial charge in [0.25, 0.3) is 0 Å². The monoisotopic (exact) mass is 289 g/mol. The van der Waals surface area contributed by atoms with Crippen molar-refractivity contribution in [2.45, 2.75) is 37.6 Å². The first-order chi connectivity index (χ1) is 9.71. The number of carbonyl (C=O) groups is 1. The molecule has 1 aromatic carbocycles. The van der Waals surface area contributed by atoms with Crippen LogP contribution in [0.15, 0.2) is 36.9 Å². The van der Waals surface area contributed by atoms with Crippen LogP contribution in [0.4, 0.5) is 0 Å². The summed E-state index contributed by atoms with van der Waals surface area (Å²) >= 11 is 5.96. The predicted octanol–water partition coefficient (Wildman–Crippen LogP) is 3.01. The summed E-state index contributed by atoms with van der Waals surface area (Å²) in [6.45, 7) is 0.549. The van der Waals surface area contributed by atoms with Crippen LogP contribution in [-0.4, -0.2) is 20.5 Å². The molecule has 1 aromatic heterocycles. The van der Waals surface area contributed by atoms with Gasteiger partial charge in [-0.15, -0.1) is 0 Å². The number of halogens is 1. The molecule has 0 amide bonds. The van der Waals surface area contributed by atoms with E-state index in [4.69, 9.17) is 11.6 Å². The van der Waals surface area contributed by atoms with E-state index in [1.165, 1.54) is 6.33 Å². The van der Waals surface area contributed by atoms with Gasteiger partial charge in [0.15, 0.2) is 0 Å². The second kappa shape index (κ2) is 5.37. The Kier molecular flexibility index (Phi) is 3.57. The first-order valence-corrected chi connectivity index (χ1v) is 7.20. The summed E-state index contributed by atoms with van der Waals surface area (Å²) in [5, 5.41) is 4.85. The highest BCUT2D eigenvalue weighted by Crippen LogP contribution is 2.38. The summed E-state index contributed by atoms with van der Waals surface area (Å²) in [7, 11) is 0. The van der Waals surface area contributed by atoms with Crippen LogP contribution in [0.25, 0.3) is 0 Å². The van der Waals surface area contributed by atoms with Crippen LogP contribution in [0.2, 0.25) is 5.02 Å². The highest BCUT2D eigenvalue weighted by molar-refractivity contribution is 6.30. The molecule has 1 unspecified atom stereocenters. The Morgan fingerprint density at radius 3 is 2.70 bits per heavy atom. The molecule has 1 saturated carbocycles. The van der Waals surface area contributed by atoms with Crippen molar-refractivity contribution in [2.24, 2.45) is 0 Å². The van der Waals surface area contributed by atoms with Crippen LogP contribution in [0, 0.1) is 0 Å². The molecule has 0 bridgehead atoms. The fraction of sp³-hybridized carbons (Fsp3) is 0.400. The van der Waals surface area contributed by atoms with E-state index in [1.54, 1.807) is 11.0 Å². The Bertz CT molecular complexity index is 594. The van der Waals surface area contributed by atoms with Crippen LogP contribution in [-0.2, 0) is 16.8 Å². The molecule has 1 aliphatic carbocycles. The number of Topliss-reactive ketones (excluding diaryl/α,β-unsaturated/α-hetero) is 1. The van der Waals surface area contributed by atoms with Gasteiger partial charge < -0.3 is 0 Å². The molecule has 4 nitrogen and oxygen atoms in total. The third-order valence-electron chi connectivity index (χ3n) is 4.09. The Hall–Kier alpha value is -1.68. The van der Waals surface area contributed by atoms with Gasteiger partial charge in [-0.25, -0.2) is 4.98 Å². The zero-order valence-electron chi connectivity index (χ0n) is 11.1. The minimum atomic E-state index is -0.490. The van der Waals surface area contributed by atoms with Crippen LogP contribution in [0.5, 0.6) is 0 Å². The minimum absolute atomic E-state index is 0.293. The van der Waals surface area contributed by atoms with Crippen LogP contribution in [0.3, 0.4) is 0 Å². The van der Waals surface area contributed by atoms with Gasteiger partial charge in [0.05, 0.1) is 12.0 Å². The van der Waals surface area contributed by atoms with Gasteiger partial charge in [-0.2, -0.15) is 5.10 Å². The largest absolute Gasteiger partial charge is 0.299 e. The average molecular weight is 290 g/mol. The maximum Gasteiger partial charge on any atom is 0.145 e. The molecule has 0 aliphatic heterocycles. The van der Waals surface area contributed by atoms with Gasteiger partial charge in [-0.1, -0.05) is 30.2 Å². The topological polar surface area (TPSA) is 47.8 Å². The maximum atomic E-state index is 12.6. The molecule has 1 aliphatic rings. The van der Waals surface area contributed by atoms with Crippen molar-refractivity contribution in [1.29, 1.82) is 0 Å². The SMILES string of the molecule is O=C1CCCCC1(Cn1cncn1)c1ccc(Cl)cc1. The van der Waals surface area contributed by atoms with Gasteiger partial charge in [-0.05, 0) is 30.5 Å².